The van der Waals surface area contributed by atoms with Crippen LogP contribution < -0.4 is 0 Å². The van der Waals surface area contributed by atoms with Crippen LogP contribution in [-0.4, -0.2) is 98.5 Å². The van der Waals surface area contributed by atoms with Crippen LogP contribution in [0, 0.1) is 0 Å². The van der Waals surface area contributed by atoms with Crippen LogP contribution in [0.4, 0.5) is 0 Å². The van der Waals surface area contributed by atoms with Gasteiger partial charge in [-0.25, -0.2) is 0 Å². The summed E-state index contributed by atoms with van der Waals surface area (Å²) in [6.07, 6.45) is 8.16. The Hall–Kier alpha value is 0.190. The van der Waals surface area contributed by atoms with Crippen molar-refractivity contribution in [2.45, 2.75) is 38.5 Å². The molecule has 25 heavy (non-hydrogen) atoms. The summed E-state index contributed by atoms with van der Waals surface area (Å²) in [6, 6.07) is 0. The third-order valence-corrected chi connectivity index (χ3v) is 11.3. The summed E-state index contributed by atoms with van der Waals surface area (Å²) in [5.74, 6) is 0. The molecular weight excluding hydrogens is 335 g/mol. The van der Waals surface area contributed by atoms with Crippen molar-refractivity contribution in [3.63, 3.8) is 0 Å². The van der Waals surface area contributed by atoms with E-state index in [1.165, 1.54) is 77.8 Å². The van der Waals surface area contributed by atoms with Crippen LogP contribution in [0.2, 0.25) is 0 Å². The molecule has 148 valence electrons. The summed E-state index contributed by atoms with van der Waals surface area (Å²) >= 11 is 0. The number of hydrogen-bond donors (Lipinski definition) is 0. The topological polar surface area (TPSA) is 31.4 Å². The fraction of sp³-hybridized carbons (Fsp3) is 1.00. The van der Waals surface area contributed by atoms with E-state index in [9.17, 15) is 0 Å². The van der Waals surface area contributed by atoms with Gasteiger partial charge in [0.25, 0.3) is 0 Å². The van der Waals surface area contributed by atoms with E-state index < -0.39 is 7.87 Å². The molecule has 0 atom stereocenters. The first-order valence-electron chi connectivity index (χ1n) is 10.3. The third-order valence-electron chi connectivity index (χ3n) is 6.15. The molecule has 0 unspecified atom stereocenters. The van der Waals surface area contributed by atoms with Crippen LogP contribution in [0.15, 0.2) is 0 Å². The van der Waals surface area contributed by atoms with Gasteiger partial charge in [-0.1, -0.05) is 0 Å². The minimum atomic E-state index is -2.03. The molecule has 0 aromatic rings. The standard InChI is InChI=1S/C18H39N4O2P/c1-23-17-15-22(16-18-24-2)25(19-9-3-4-10-19,20-11-5-6-12-20)21-13-7-8-14-21/h25H,3-18H2,1-2H3. The summed E-state index contributed by atoms with van der Waals surface area (Å²) in [5.41, 5.74) is 0. The molecule has 7 heteroatoms. The summed E-state index contributed by atoms with van der Waals surface area (Å²) in [5, 5.41) is 0. The van der Waals surface area contributed by atoms with Gasteiger partial charge in [0.05, 0.1) is 0 Å². The van der Waals surface area contributed by atoms with Gasteiger partial charge in [-0.15, -0.1) is 0 Å². The molecular formula is C18H39N4O2P. The molecule has 3 aliphatic rings. The molecule has 3 aliphatic heterocycles. The van der Waals surface area contributed by atoms with E-state index in [4.69, 9.17) is 9.47 Å². The van der Waals surface area contributed by atoms with Crippen molar-refractivity contribution < 1.29 is 9.47 Å². The second kappa shape index (κ2) is 9.93. The van der Waals surface area contributed by atoms with E-state index in [0.29, 0.717) is 0 Å². The molecule has 0 aliphatic carbocycles. The zero-order valence-corrected chi connectivity index (χ0v) is 17.4. The molecule has 0 radical (unpaired) electrons. The fourth-order valence-electron chi connectivity index (χ4n) is 5.07. The van der Waals surface area contributed by atoms with E-state index in [0.717, 1.165) is 26.3 Å². The van der Waals surface area contributed by atoms with Crippen molar-refractivity contribution in [2.24, 2.45) is 0 Å². The quantitative estimate of drug-likeness (QED) is 0.546. The first-order valence-corrected chi connectivity index (χ1v) is 12.1. The van der Waals surface area contributed by atoms with Gasteiger partial charge >= 0.3 is 154 Å². The fourth-order valence-corrected chi connectivity index (χ4v) is 11.0. The SMILES string of the molecule is COCCN(CCOC)[PH](N1CCCC1)(N1CCCC1)N1CCCC1. The molecule has 3 rings (SSSR count). The van der Waals surface area contributed by atoms with Crippen LogP contribution in [-0.2, 0) is 9.47 Å². The molecule has 0 bridgehead atoms. The van der Waals surface area contributed by atoms with Crippen LogP contribution in [0.5, 0.6) is 0 Å². The number of nitrogens with zero attached hydrogens (tertiary/aromatic N) is 4. The predicted octanol–water partition coefficient (Wildman–Crippen LogP) is 2.28. The van der Waals surface area contributed by atoms with Crippen molar-refractivity contribution in [3.8, 4) is 0 Å². The first-order chi connectivity index (χ1) is 12.3. The van der Waals surface area contributed by atoms with Gasteiger partial charge < -0.3 is 0 Å². The summed E-state index contributed by atoms with van der Waals surface area (Å²) in [7, 11) is 1.64. The molecule has 0 spiro atoms. The van der Waals surface area contributed by atoms with Gasteiger partial charge in [-0.3, -0.25) is 0 Å². The van der Waals surface area contributed by atoms with Gasteiger partial charge in [-0.05, 0) is 0 Å². The number of rotatable bonds is 10. The van der Waals surface area contributed by atoms with Crippen LogP contribution in [0.25, 0.3) is 0 Å². The Morgan fingerprint density at radius 2 is 0.960 bits per heavy atom. The average molecular weight is 375 g/mol. The summed E-state index contributed by atoms with van der Waals surface area (Å²) in [6.45, 7) is 11.3. The normalized spacial score (nSPS) is 24.8. The average Bonchev–Trinajstić information content (AvgIpc) is 3.41. The van der Waals surface area contributed by atoms with Crippen molar-refractivity contribution in [1.29, 1.82) is 0 Å². The second-order valence-corrected chi connectivity index (χ2v) is 11.4. The maximum atomic E-state index is 5.52. The molecule has 3 heterocycles. The maximum absolute atomic E-state index is 5.52. The van der Waals surface area contributed by atoms with Gasteiger partial charge in [0.1, 0.15) is 0 Å². The van der Waals surface area contributed by atoms with Crippen molar-refractivity contribution in [1.82, 2.24) is 18.7 Å². The van der Waals surface area contributed by atoms with E-state index >= 15 is 0 Å². The van der Waals surface area contributed by atoms with Crippen molar-refractivity contribution >= 4 is 7.87 Å². The monoisotopic (exact) mass is 374 g/mol. The second-order valence-electron chi connectivity index (χ2n) is 7.66. The van der Waals surface area contributed by atoms with Crippen LogP contribution in [0.1, 0.15) is 38.5 Å². The predicted molar refractivity (Wildman–Crippen MR) is 106 cm³/mol. The summed E-state index contributed by atoms with van der Waals surface area (Å²) < 4.78 is 22.6. The third kappa shape index (κ3) is 4.21. The zero-order valence-electron chi connectivity index (χ0n) is 16.4. The van der Waals surface area contributed by atoms with Crippen LogP contribution >= 0.6 is 7.87 Å². The Labute approximate surface area is 155 Å². The minimum absolute atomic E-state index is 0.813. The van der Waals surface area contributed by atoms with Gasteiger partial charge in [0.2, 0.25) is 0 Å². The van der Waals surface area contributed by atoms with Crippen molar-refractivity contribution in [2.75, 3.05) is 79.8 Å². The van der Waals surface area contributed by atoms with Crippen LogP contribution in [0.3, 0.4) is 0 Å². The first kappa shape index (κ1) is 19.9. The Bertz CT molecular complexity index is 334. The van der Waals surface area contributed by atoms with Gasteiger partial charge in [0.15, 0.2) is 0 Å². The molecule has 3 saturated heterocycles. The van der Waals surface area contributed by atoms with E-state index in [1.807, 2.05) is 14.2 Å². The molecule has 0 saturated carbocycles. The van der Waals surface area contributed by atoms with Gasteiger partial charge in [0, 0.05) is 0 Å². The Morgan fingerprint density at radius 1 is 0.640 bits per heavy atom. The molecule has 3 fully saturated rings. The molecule has 0 aromatic heterocycles. The molecule has 6 nitrogen and oxygen atoms in total. The Morgan fingerprint density at radius 3 is 1.24 bits per heavy atom. The zero-order chi connectivity index (χ0) is 17.5. The number of hydrogen-bond acceptors (Lipinski definition) is 6. The van der Waals surface area contributed by atoms with E-state index in [-0.39, 0.29) is 0 Å². The molecule has 0 N–H and O–H groups in total. The number of ether oxygens (including phenoxy) is 2. The van der Waals surface area contributed by atoms with E-state index in [2.05, 4.69) is 18.7 Å². The van der Waals surface area contributed by atoms with E-state index in [1.54, 1.807) is 0 Å². The Balaban J connectivity index is 1.95. The summed E-state index contributed by atoms with van der Waals surface area (Å²) in [4.78, 5) is 0. The molecule has 0 amide bonds. The Kier molecular flexibility index (Phi) is 7.92. The van der Waals surface area contributed by atoms with Crippen molar-refractivity contribution in [3.05, 3.63) is 0 Å². The molecule has 0 aromatic carbocycles. The van der Waals surface area contributed by atoms with Gasteiger partial charge in [-0.2, -0.15) is 0 Å². The number of methoxy groups -OCH3 is 2.